The van der Waals surface area contributed by atoms with Gasteiger partial charge in [-0.1, -0.05) is 28.1 Å². The number of ether oxygens (including phenoxy) is 1. The summed E-state index contributed by atoms with van der Waals surface area (Å²) in [7, 11) is 0. The Bertz CT molecular complexity index is 836. The zero-order chi connectivity index (χ0) is 14.8. The molecule has 1 N–H and O–H groups in total. The highest BCUT2D eigenvalue weighted by Gasteiger charge is 2.08. The minimum absolute atomic E-state index is 0.00589. The number of benzene rings is 2. The summed E-state index contributed by atoms with van der Waals surface area (Å²) in [6, 6.07) is 12.8. The molecule has 0 aliphatic heterocycles. The summed E-state index contributed by atoms with van der Waals surface area (Å²) in [6.45, 7) is 0. The Labute approximate surface area is 128 Å². The number of carboxylic acids is 1. The molecular weight excluding hydrogens is 336 g/mol. The number of nitrogens with zero attached hydrogens (tertiary/aromatic N) is 2. The molecule has 0 saturated heterocycles. The van der Waals surface area contributed by atoms with E-state index in [9.17, 15) is 4.79 Å². The van der Waals surface area contributed by atoms with Crippen molar-refractivity contribution in [1.29, 1.82) is 0 Å². The molecule has 5 nitrogen and oxygen atoms in total. The number of halogens is 1. The first-order chi connectivity index (χ1) is 10.1. The number of carboxylic acid groups (broad SMARTS) is 1. The van der Waals surface area contributed by atoms with Gasteiger partial charge in [0.15, 0.2) is 5.69 Å². The van der Waals surface area contributed by atoms with E-state index in [1.807, 2.05) is 30.3 Å². The van der Waals surface area contributed by atoms with E-state index in [0.29, 0.717) is 5.75 Å². The van der Waals surface area contributed by atoms with Gasteiger partial charge in [0.1, 0.15) is 5.75 Å². The Morgan fingerprint density at radius 1 is 1.10 bits per heavy atom. The largest absolute Gasteiger partial charge is 0.477 e. The lowest BCUT2D eigenvalue weighted by Crippen LogP contribution is -2.02. The molecule has 0 unspecified atom stereocenters. The third kappa shape index (κ3) is 3.00. The molecule has 1 heterocycles. The molecule has 0 spiro atoms. The molecular formula is C15H9BrN2O3. The molecule has 0 atom stereocenters. The van der Waals surface area contributed by atoms with Crippen LogP contribution in [0.15, 0.2) is 53.1 Å². The van der Waals surface area contributed by atoms with Crippen LogP contribution in [0, 0.1) is 0 Å². The second-order valence-electron chi connectivity index (χ2n) is 4.28. The van der Waals surface area contributed by atoms with Gasteiger partial charge in [-0.15, -0.1) is 0 Å². The van der Waals surface area contributed by atoms with Gasteiger partial charge in [0, 0.05) is 10.7 Å². The lowest BCUT2D eigenvalue weighted by molar-refractivity contribution is 0.0689. The molecule has 0 aliphatic carbocycles. The lowest BCUT2D eigenvalue weighted by Gasteiger charge is -2.06. The van der Waals surface area contributed by atoms with Crippen LogP contribution in [-0.4, -0.2) is 21.0 Å². The molecule has 0 aliphatic rings. The Morgan fingerprint density at radius 2 is 1.86 bits per heavy atom. The highest BCUT2D eigenvalue weighted by molar-refractivity contribution is 9.10. The number of fused-ring (bicyclic) bond motifs is 1. The maximum Gasteiger partial charge on any atom is 0.354 e. The summed E-state index contributed by atoms with van der Waals surface area (Å²) in [5, 5.41) is 11.0. The average Bonchev–Trinajstić information content (AvgIpc) is 2.48. The predicted octanol–water partition coefficient (Wildman–Crippen LogP) is 3.88. The first-order valence-electron chi connectivity index (χ1n) is 6.05. The third-order valence-corrected chi connectivity index (χ3v) is 3.33. The van der Waals surface area contributed by atoms with Gasteiger partial charge < -0.3 is 9.84 Å². The van der Waals surface area contributed by atoms with Crippen LogP contribution in [0.3, 0.4) is 0 Å². The van der Waals surface area contributed by atoms with Crippen molar-refractivity contribution >= 4 is 32.7 Å². The standard InChI is InChI=1S/C15H9BrN2O3/c16-11-3-1-10-8-12(4-2-9(10)7-11)21-15-17-6-5-13(18-15)14(19)20/h1-8H,(H,19,20). The van der Waals surface area contributed by atoms with Crippen LogP contribution in [0.1, 0.15) is 10.5 Å². The quantitative estimate of drug-likeness (QED) is 0.780. The Kier molecular flexibility index (Phi) is 3.53. The summed E-state index contributed by atoms with van der Waals surface area (Å²) in [5.41, 5.74) is -0.107. The van der Waals surface area contributed by atoms with Crippen LogP contribution in [0.4, 0.5) is 0 Å². The van der Waals surface area contributed by atoms with Gasteiger partial charge >= 0.3 is 12.0 Å². The normalized spacial score (nSPS) is 10.5. The van der Waals surface area contributed by atoms with Crippen molar-refractivity contribution in [3.63, 3.8) is 0 Å². The van der Waals surface area contributed by atoms with E-state index < -0.39 is 5.97 Å². The smallest absolute Gasteiger partial charge is 0.354 e. The number of hydrogen-bond acceptors (Lipinski definition) is 4. The first-order valence-corrected chi connectivity index (χ1v) is 6.85. The van der Waals surface area contributed by atoms with Gasteiger partial charge in [-0.2, -0.15) is 4.98 Å². The summed E-state index contributed by atoms with van der Waals surface area (Å²) in [5.74, 6) is -0.571. The van der Waals surface area contributed by atoms with E-state index in [1.54, 1.807) is 6.07 Å². The molecule has 1 aromatic heterocycles. The number of hydrogen-bond donors (Lipinski definition) is 1. The van der Waals surface area contributed by atoms with Gasteiger partial charge in [0.2, 0.25) is 0 Å². The molecule has 21 heavy (non-hydrogen) atoms. The molecule has 104 valence electrons. The zero-order valence-electron chi connectivity index (χ0n) is 10.7. The second kappa shape index (κ2) is 5.49. The first kappa shape index (κ1) is 13.5. The van der Waals surface area contributed by atoms with Gasteiger partial charge in [-0.25, -0.2) is 9.78 Å². The van der Waals surface area contributed by atoms with Crippen molar-refractivity contribution in [2.75, 3.05) is 0 Å². The van der Waals surface area contributed by atoms with Crippen molar-refractivity contribution in [3.05, 3.63) is 58.8 Å². The minimum Gasteiger partial charge on any atom is -0.477 e. The van der Waals surface area contributed by atoms with E-state index >= 15 is 0 Å². The van der Waals surface area contributed by atoms with Gasteiger partial charge in [-0.05, 0) is 41.1 Å². The second-order valence-corrected chi connectivity index (χ2v) is 5.20. The van der Waals surface area contributed by atoms with Gasteiger partial charge in [0.25, 0.3) is 0 Å². The highest BCUT2D eigenvalue weighted by Crippen LogP contribution is 2.26. The zero-order valence-corrected chi connectivity index (χ0v) is 12.2. The van der Waals surface area contributed by atoms with Crippen LogP contribution in [0.2, 0.25) is 0 Å². The molecule has 0 amide bonds. The number of aromatic carboxylic acids is 1. The van der Waals surface area contributed by atoms with Crippen LogP contribution in [-0.2, 0) is 0 Å². The summed E-state index contributed by atoms with van der Waals surface area (Å²) < 4.78 is 6.51. The SMILES string of the molecule is O=C(O)c1ccnc(Oc2ccc3cc(Br)ccc3c2)n1. The van der Waals surface area contributed by atoms with Crippen molar-refractivity contribution in [2.45, 2.75) is 0 Å². The molecule has 0 fully saturated rings. The van der Waals surface area contributed by atoms with E-state index in [4.69, 9.17) is 9.84 Å². The lowest BCUT2D eigenvalue weighted by atomic mass is 10.1. The monoisotopic (exact) mass is 344 g/mol. The molecule has 0 radical (unpaired) electrons. The van der Waals surface area contributed by atoms with Crippen LogP contribution >= 0.6 is 15.9 Å². The van der Waals surface area contributed by atoms with Crippen molar-refractivity contribution in [3.8, 4) is 11.8 Å². The average molecular weight is 345 g/mol. The summed E-state index contributed by atoms with van der Waals surface area (Å²) in [6.07, 6.45) is 1.35. The van der Waals surface area contributed by atoms with E-state index in [-0.39, 0.29) is 11.7 Å². The van der Waals surface area contributed by atoms with Crippen molar-refractivity contribution < 1.29 is 14.6 Å². The Hall–Kier alpha value is -2.47. The van der Waals surface area contributed by atoms with Gasteiger partial charge in [-0.3, -0.25) is 0 Å². The molecule has 0 bridgehead atoms. The van der Waals surface area contributed by atoms with E-state index in [0.717, 1.165) is 15.2 Å². The number of rotatable bonds is 3. The molecule has 3 rings (SSSR count). The minimum atomic E-state index is -1.12. The van der Waals surface area contributed by atoms with Crippen LogP contribution in [0.5, 0.6) is 11.8 Å². The Balaban J connectivity index is 1.92. The van der Waals surface area contributed by atoms with Crippen LogP contribution in [0.25, 0.3) is 10.8 Å². The molecule has 3 aromatic rings. The highest BCUT2D eigenvalue weighted by atomic mass is 79.9. The molecule has 0 saturated carbocycles. The fourth-order valence-corrected chi connectivity index (χ4v) is 2.25. The maximum atomic E-state index is 10.9. The van der Waals surface area contributed by atoms with E-state index in [2.05, 4.69) is 25.9 Å². The Morgan fingerprint density at radius 3 is 2.67 bits per heavy atom. The molecule has 6 heteroatoms. The third-order valence-electron chi connectivity index (χ3n) is 2.84. The van der Waals surface area contributed by atoms with Crippen molar-refractivity contribution in [1.82, 2.24) is 9.97 Å². The summed E-state index contributed by atoms with van der Waals surface area (Å²) >= 11 is 3.42. The summed E-state index contributed by atoms with van der Waals surface area (Å²) in [4.78, 5) is 18.6. The fraction of sp³-hybridized carbons (Fsp3) is 0. The fourth-order valence-electron chi connectivity index (χ4n) is 1.87. The van der Waals surface area contributed by atoms with Crippen LogP contribution < -0.4 is 4.74 Å². The number of aromatic nitrogens is 2. The maximum absolute atomic E-state index is 10.9. The topological polar surface area (TPSA) is 72.3 Å². The van der Waals surface area contributed by atoms with Crippen molar-refractivity contribution in [2.24, 2.45) is 0 Å². The van der Waals surface area contributed by atoms with E-state index in [1.165, 1.54) is 12.3 Å². The van der Waals surface area contributed by atoms with Gasteiger partial charge in [0.05, 0.1) is 0 Å². The predicted molar refractivity (Wildman–Crippen MR) is 80.7 cm³/mol. The number of carbonyl (C=O) groups is 1. The molecule has 2 aromatic carbocycles.